The minimum absolute atomic E-state index is 0.0851. The van der Waals surface area contributed by atoms with E-state index in [1.54, 1.807) is 25.3 Å². The number of methoxy groups -OCH3 is 2. The summed E-state index contributed by atoms with van der Waals surface area (Å²) in [5.41, 5.74) is 2.02. The lowest BCUT2D eigenvalue weighted by Crippen LogP contribution is -2.35. The Morgan fingerprint density at radius 2 is 1.82 bits per heavy atom. The number of pyridine rings is 1. The monoisotopic (exact) mass is 459 g/mol. The Kier molecular flexibility index (Phi) is 7.78. The quantitative estimate of drug-likeness (QED) is 0.746. The topological polar surface area (TPSA) is 110 Å². The van der Waals surface area contributed by atoms with Crippen molar-refractivity contribution in [2.24, 2.45) is 0 Å². The normalized spacial score (nSPS) is 15.3. The molecule has 180 valence electrons. The molecule has 0 radical (unpaired) electrons. The lowest BCUT2D eigenvalue weighted by atomic mass is 10.1. The van der Waals surface area contributed by atoms with Crippen molar-refractivity contribution in [3.8, 4) is 11.6 Å². The predicted octanol–water partition coefficient (Wildman–Crippen LogP) is 2.76. The van der Waals surface area contributed by atoms with Gasteiger partial charge in [-0.15, -0.1) is 0 Å². The lowest BCUT2D eigenvalue weighted by molar-refractivity contribution is 0.0295. The van der Waals surface area contributed by atoms with Gasteiger partial charge in [0.25, 0.3) is 11.4 Å². The SMILES string of the molecule is CC(C)(C)OC(=O)N1CCCC1.COc1cc(N2CCc3nc[nH]c(=O)c3C2)cnc1OC. The number of fused-ring (bicyclic) bond motifs is 1. The fourth-order valence-electron chi connectivity index (χ4n) is 3.69. The maximum atomic E-state index is 11.9. The number of nitrogens with one attached hydrogen (secondary N) is 1. The summed E-state index contributed by atoms with van der Waals surface area (Å²) in [6.07, 6.45) is 5.96. The first-order valence-electron chi connectivity index (χ1n) is 11.1. The highest BCUT2D eigenvalue weighted by Gasteiger charge is 2.24. The van der Waals surface area contributed by atoms with Crippen molar-refractivity contribution >= 4 is 11.8 Å². The summed E-state index contributed by atoms with van der Waals surface area (Å²) >= 11 is 0. The van der Waals surface area contributed by atoms with E-state index in [0.29, 0.717) is 23.7 Å². The van der Waals surface area contributed by atoms with Crippen LogP contribution in [0.5, 0.6) is 11.6 Å². The predicted molar refractivity (Wildman–Crippen MR) is 124 cm³/mol. The Morgan fingerprint density at radius 1 is 1.09 bits per heavy atom. The van der Waals surface area contributed by atoms with E-state index < -0.39 is 0 Å². The third kappa shape index (κ3) is 6.36. The second-order valence-corrected chi connectivity index (χ2v) is 8.91. The number of rotatable bonds is 3. The lowest BCUT2D eigenvalue weighted by Gasteiger charge is -2.29. The first kappa shape index (κ1) is 24.3. The number of H-pyrrole nitrogens is 1. The molecule has 33 heavy (non-hydrogen) atoms. The Labute approximate surface area is 193 Å². The highest BCUT2D eigenvalue weighted by Crippen LogP contribution is 2.30. The van der Waals surface area contributed by atoms with Crippen molar-refractivity contribution in [3.63, 3.8) is 0 Å². The van der Waals surface area contributed by atoms with Gasteiger partial charge in [0.1, 0.15) is 5.60 Å². The standard InChI is InChI=1S/C14H16N4O3.C9H17NO2/c1-20-12-5-9(6-15-14(12)21-2)18-4-3-11-10(7-18)13(19)17-8-16-11;1-9(2,3)12-8(11)10-6-4-5-7-10/h5-6,8H,3-4,7H2,1-2H3,(H,16,17,19);4-7H2,1-3H3. The van der Waals surface area contributed by atoms with E-state index in [-0.39, 0.29) is 17.3 Å². The highest BCUT2D eigenvalue weighted by atomic mass is 16.6. The van der Waals surface area contributed by atoms with Crippen molar-refractivity contribution in [2.75, 3.05) is 38.8 Å². The van der Waals surface area contributed by atoms with Crippen LogP contribution in [-0.2, 0) is 17.7 Å². The Balaban J connectivity index is 0.000000218. The minimum Gasteiger partial charge on any atom is -0.491 e. The summed E-state index contributed by atoms with van der Waals surface area (Å²) in [5, 5.41) is 0. The molecule has 2 aromatic rings. The van der Waals surface area contributed by atoms with Gasteiger partial charge in [0.2, 0.25) is 0 Å². The number of hydrogen-bond donors (Lipinski definition) is 1. The van der Waals surface area contributed by atoms with Crippen molar-refractivity contribution in [1.82, 2.24) is 19.9 Å². The number of hydrogen-bond acceptors (Lipinski definition) is 8. The summed E-state index contributed by atoms with van der Waals surface area (Å²) in [4.78, 5) is 38.2. The van der Waals surface area contributed by atoms with Crippen molar-refractivity contribution in [1.29, 1.82) is 0 Å². The number of carbonyl (C=O) groups is 1. The number of ether oxygens (including phenoxy) is 3. The number of amides is 1. The zero-order valence-corrected chi connectivity index (χ0v) is 20.0. The molecule has 4 rings (SSSR count). The van der Waals surface area contributed by atoms with Crippen LogP contribution in [0.1, 0.15) is 44.9 Å². The Morgan fingerprint density at radius 3 is 2.45 bits per heavy atom. The molecule has 1 N–H and O–H groups in total. The second-order valence-electron chi connectivity index (χ2n) is 8.91. The smallest absolute Gasteiger partial charge is 0.410 e. The van der Waals surface area contributed by atoms with Crippen molar-refractivity contribution in [2.45, 2.75) is 52.2 Å². The molecule has 0 aliphatic carbocycles. The van der Waals surface area contributed by atoms with Gasteiger partial charge in [-0.1, -0.05) is 0 Å². The van der Waals surface area contributed by atoms with Gasteiger partial charge in [-0.25, -0.2) is 14.8 Å². The first-order valence-corrected chi connectivity index (χ1v) is 11.1. The number of aromatic nitrogens is 3. The zero-order chi connectivity index (χ0) is 24.0. The van der Waals surface area contributed by atoms with Crippen molar-refractivity contribution in [3.05, 3.63) is 40.2 Å². The number of carbonyl (C=O) groups excluding carboxylic acids is 1. The number of likely N-dealkylation sites (tertiary alicyclic amines) is 1. The van der Waals surface area contributed by atoms with Crippen molar-refractivity contribution < 1.29 is 19.0 Å². The van der Waals surface area contributed by atoms with Crippen LogP contribution in [-0.4, -0.2) is 65.4 Å². The molecule has 1 fully saturated rings. The molecule has 0 unspecified atom stereocenters. The number of nitrogens with zero attached hydrogens (tertiary/aromatic N) is 4. The molecular weight excluding hydrogens is 426 g/mol. The molecule has 0 bridgehead atoms. The Hall–Kier alpha value is -3.30. The fraction of sp³-hybridized carbons (Fsp3) is 0.565. The molecule has 4 heterocycles. The van der Waals surface area contributed by atoms with Crippen LogP contribution >= 0.6 is 0 Å². The molecule has 10 heteroatoms. The third-order valence-electron chi connectivity index (χ3n) is 5.35. The average Bonchev–Trinajstić information content (AvgIpc) is 3.33. The largest absolute Gasteiger partial charge is 0.491 e. The van der Waals surface area contributed by atoms with Gasteiger partial charge < -0.3 is 29.0 Å². The molecule has 2 aromatic heterocycles. The summed E-state index contributed by atoms with van der Waals surface area (Å²) in [6.45, 7) is 8.67. The maximum absolute atomic E-state index is 11.9. The van der Waals surface area contributed by atoms with Gasteiger partial charge in [-0.05, 0) is 33.6 Å². The Bertz CT molecular complexity index is 1010. The second kappa shape index (κ2) is 10.5. The molecule has 0 aromatic carbocycles. The average molecular weight is 460 g/mol. The molecule has 1 saturated heterocycles. The molecule has 0 spiro atoms. The van der Waals surface area contributed by atoms with Crippen LogP contribution in [0.3, 0.4) is 0 Å². The highest BCUT2D eigenvalue weighted by molar-refractivity contribution is 5.68. The van der Waals surface area contributed by atoms with E-state index in [1.807, 2.05) is 26.8 Å². The van der Waals surface area contributed by atoms with Gasteiger partial charge in [0, 0.05) is 32.1 Å². The molecule has 0 saturated carbocycles. The van der Waals surface area contributed by atoms with Crippen LogP contribution in [0.4, 0.5) is 10.5 Å². The third-order valence-corrected chi connectivity index (χ3v) is 5.35. The number of anilines is 1. The number of aromatic amines is 1. The van der Waals surface area contributed by atoms with E-state index >= 15 is 0 Å². The summed E-state index contributed by atoms with van der Waals surface area (Å²) in [6, 6.07) is 1.86. The van der Waals surface area contributed by atoms with Gasteiger partial charge in [-0.2, -0.15) is 0 Å². The molecule has 10 nitrogen and oxygen atoms in total. The van der Waals surface area contributed by atoms with E-state index in [2.05, 4.69) is 19.9 Å². The molecule has 2 aliphatic rings. The van der Waals surface area contributed by atoms with Crippen LogP contribution in [0, 0.1) is 0 Å². The molecule has 0 atom stereocenters. The minimum atomic E-state index is -0.361. The molecule has 1 amide bonds. The van der Waals surface area contributed by atoms with Crippen LogP contribution in [0.25, 0.3) is 0 Å². The molecular formula is C23H33N5O5. The van der Waals surface area contributed by atoms with E-state index in [4.69, 9.17) is 14.2 Å². The van der Waals surface area contributed by atoms with Gasteiger partial charge in [0.15, 0.2) is 5.75 Å². The molecule has 2 aliphatic heterocycles. The van der Waals surface area contributed by atoms with Gasteiger partial charge in [-0.3, -0.25) is 4.79 Å². The van der Waals surface area contributed by atoms with Crippen LogP contribution in [0.15, 0.2) is 23.4 Å². The van der Waals surface area contributed by atoms with Crippen LogP contribution < -0.4 is 19.9 Å². The van der Waals surface area contributed by atoms with E-state index in [0.717, 1.165) is 50.3 Å². The zero-order valence-electron chi connectivity index (χ0n) is 20.0. The van der Waals surface area contributed by atoms with E-state index in [1.165, 1.54) is 6.33 Å². The van der Waals surface area contributed by atoms with Gasteiger partial charge in [0.05, 0.1) is 50.2 Å². The summed E-state index contributed by atoms with van der Waals surface area (Å²) < 4.78 is 15.6. The summed E-state index contributed by atoms with van der Waals surface area (Å²) in [5.74, 6) is 1.01. The summed E-state index contributed by atoms with van der Waals surface area (Å²) in [7, 11) is 3.12. The van der Waals surface area contributed by atoms with E-state index in [9.17, 15) is 9.59 Å². The maximum Gasteiger partial charge on any atom is 0.410 e. The first-order chi connectivity index (χ1) is 15.7. The fourth-order valence-corrected chi connectivity index (χ4v) is 3.69. The van der Waals surface area contributed by atoms with Gasteiger partial charge >= 0.3 is 6.09 Å². The van der Waals surface area contributed by atoms with Crippen LogP contribution in [0.2, 0.25) is 0 Å².